The Morgan fingerprint density at radius 2 is 1.96 bits per heavy atom. The molecule has 1 aromatic heterocycles. The Balaban J connectivity index is 0.00000208. The zero-order chi connectivity index (χ0) is 15.9. The standard InChI is InChI=1S/C18H25N5.HI/c1-2-19-18(22-11-6-7-12-22)21-14-17-20-10-13-23(17)15-16-8-4-3-5-9-16;/h3-5,8-10,13H,2,6-7,11-12,14-15H2,1H3,(H,19,21);1H. The average molecular weight is 439 g/mol. The first-order valence-corrected chi connectivity index (χ1v) is 8.44. The normalized spacial score (nSPS) is 14.5. The molecule has 0 radical (unpaired) electrons. The van der Waals surface area contributed by atoms with Gasteiger partial charge in [0.15, 0.2) is 5.96 Å². The fourth-order valence-corrected chi connectivity index (χ4v) is 2.92. The van der Waals surface area contributed by atoms with Gasteiger partial charge in [0.05, 0.1) is 0 Å². The van der Waals surface area contributed by atoms with E-state index in [1.54, 1.807) is 0 Å². The molecule has 0 saturated carbocycles. The van der Waals surface area contributed by atoms with Crippen LogP contribution in [-0.4, -0.2) is 40.0 Å². The molecule has 1 saturated heterocycles. The molecule has 0 aliphatic carbocycles. The van der Waals surface area contributed by atoms with Gasteiger partial charge in [-0.1, -0.05) is 30.3 Å². The van der Waals surface area contributed by atoms with E-state index in [2.05, 4.69) is 51.0 Å². The van der Waals surface area contributed by atoms with Crippen LogP contribution in [0.2, 0.25) is 0 Å². The van der Waals surface area contributed by atoms with Crippen molar-refractivity contribution in [1.29, 1.82) is 0 Å². The van der Waals surface area contributed by atoms with E-state index in [1.165, 1.54) is 18.4 Å². The van der Waals surface area contributed by atoms with Crippen molar-refractivity contribution in [2.24, 2.45) is 4.99 Å². The predicted octanol–water partition coefficient (Wildman–Crippen LogP) is 3.11. The molecular formula is C18H26IN5. The lowest BCUT2D eigenvalue weighted by molar-refractivity contribution is 0.492. The van der Waals surface area contributed by atoms with Gasteiger partial charge in [-0.05, 0) is 25.3 Å². The Labute approximate surface area is 161 Å². The van der Waals surface area contributed by atoms with Gasteiger partial charge >= 0.3 is 0 Å². The summed E-state index contributed by atoms with van der Waals surface area (Å²) in [5.41, 5.74) is 1.28. The van der Waals surface area contributed by atoms with Crippen LogP contribution < -0.4 is 5.32 Å². The Morgan fingerprint density at radius 3 is 2.67 bits per heavy atom. The smallest absolute Gasteiger partial charge is 0.194 e. The molecule has 5 nitrogen and oxygen atoms in total. The summed E-state index contributed by atoms with van der Waals surface area (Å²) in [6, 6.07) is 10.5. The number of hydrogen-bond acceptors (Lipinski definition) is 2. The number of aliphatic imine (C=N–C) groups is 1. The average Bonchev–Trinajstić information content (AvgIpc) is 3.24. The zero-order valence-corrected chi connectivity index (χ0v) is 16.5. The van der Waals surface area contributed by atoms with E-state index in [4.69, 9.17) is 4.99 Å². The van der Waals surface area contributed by atoms with Gasteiger partial charge in [0.25, 0.3) is 0 Å². The number of nitrogens with zero attached hydrogens (tertiary/aromatic N) is 4. The van der Waals surface area contributed by atoms with Crippen molar-refractivity contribution in [3.8, 4) is 0 Å². The van der Waals surface area contributed by atoms with E-state index >= 15 is 0 Å². The minimum Gasteiger partial charge on any atom is -0.357 e. The fraction of sp³-hybridized carbons (Fsp3) is 0.444. The molecule has 0 atom stereocenters. The van der Waals surface area contributed by atoms with Crippen LogP contribution in [0.5, 0.6) is 0 Å². The fourth-order valence-electron chi connectivity index (χ4n) is 2.92. The van der Waals surface area contributed by atoms with E-state index in [-0.39, 0.29) is 24.0 Å². The molecule has 2 aromatic rings. The summed E-state index contributed by atoms with van der Waals surface area (Å²) in [6.07, 6.45) is 6.40. The second kappa shape index (κ2) is 9.66. The highest BCUT2D eigenvalue weighted by Gasteiger charge is 2.15. The summed E-state index contributed by atoms with van der Waals surface area (Å²) >= 11 is 0. The molecule has 1 N–H and O–H groups in total. The molecule has 3 rings (SSSR count). The van der Waals surface area contributed by atoms with E-state index in [1.807, 2.05) is 18.5 Å². The maximum absolute atomic E-state index is 4.79. The van der Waals surface area contributed by atoms with E-state index in [0.717, 1.165) is 38.0 Å². The van der Waals surface area contributed by atoms with Crippen LogP contribution in [0, 0.1) is 0 Å². The monoisotopic (exact) mass is 439 g/mol. The SMILES string of the molecule is CCNC(=NCc1nccn1Cc1ccccc1)N1CCCC1.I. The Bertz CT molecular complexity index is 632. The highest BCUT2D eigenvalue weighted by atomic mass is 127. The molecule has 130 valence electrons. The van der Waals surface area contributed by atoms with Crippen molar-refractivity contribution in [2.75, 3.05) is 19.6 Å². The summed E-state index contributed by atoms with van der Waals surface area (Å²) in [6.45, 7) is 6.66. The summed E-state index contributed by atoms with van der Waals surface area (Å²) in [7, 11) is 0. The predicted molar refractivity (Wildman–Crippen MR) is 109 cm³/mol. The molecular weight excluding hydrogens is 413 g/mol. The molecule has 1 aliphatic rings. The third-order valence-corrected chi connectivity index (χ3v) is 4.11. The van der Waals surface area contributed by atoms with Crippen LogP contribution in [0.25, 0.3) is 0 Å². The van der Waals surface area contributed by atoms with Crippen LogP contribution in [0.4, 0.5) is 0 Å². The second-order valence-electron chi connectivity index (χ2n) is 5.82. The van der Waals surface area contributed by atoms with E-state index in [0.29, 0.717) is 6.54 Å². The van der Waals surface area contributed by atoms with E-state index < -0.39 is 0 Å². The molecule has 0 unspecified atom stereocenters. The van der Waals surface area contributed by atoms with Gasteiger partial charge in [0.1, 0.15) is 12.4 Å². The second-order valence-corrected chi connectivity index (χ2v) is 5.82. The molecule has 6 heteroatoms. The topological polar surface area (TPSA) is 45.5 Å². The molecule has 0 bridgehead atoms. The van der Waals surface area contributed by atoms with Crippen LogP contribution >= 0.6 is 24.0 Å². The van der Waals surface area contributed by atoms with Crippen molar-refractivity contribution < 1.29 is 0 Å². The molecule has 0 amide bonds. The maximum atomic E-state index is 4.79. The lowest BCUT2D eigenvalue weighted by atomic mass is 10.2. The Kier molecular flexibility index (Phi) is 7.55. The van der Waals surface area contributed by atoms with Crippen LogP contribution in [0.15, 0.2) is 47.7 Å². The highest BCUT2D eigenvalue weighted by Crippen LogP contribution is 2.10. The highest BCUT2D eigenvalue weighted by molar-refractivity contribution is 14.0. The number of imidazole rings is 1. The summed E-state index contributed by atoms with van der Waals surface area (Å²) in [5, 5.41) is 3.40. The molecule has 2 heterocycles. The number of likely N-dealkylation sites (tertiary alicyclic amines) is 1. The molecule has 24 heavy (non-hydrogen) atoms. The van der Waals surface area contributed by atoms with Crippen LogP contribution in [-0.2, 0) is 13.1 Å². The van der Waals surface area contributed by atoms with E-state index in [9.17, 15) is 0 Å². The first kappa shape index (κ1) is 18.8. The van der Waals surface area contributed by atoms with Crippen molar-refractivity contribution in [3.05, 3.63) is 54.1 Å². The number of aromatic nitrogens is 2. The maximum Gasteiger partial charge on any atom is 0.194 e. The van der Waals surface area contributed by atoms with Gasteiger partial charge in [-0.25, -0.2) is 9.98 Å². The minimum absolute atomic E-state index is 0. The van der Waals surface area contributed by atoms with Gasteiger partial charge in [-0.3, -0.25) is 0 Å². The van der Waals surface area contributed by atoms with Crippen molar-refractivity contribution in [2.45, 2.75) is 32.9 Å². The van der Waals surface area contributed by atoms with Gasteiger partial charge in [-0.15, -0.1) is 24.0 Å². The molecule has 1 aromatic carbocycles. The molecule has 1 fully saturated rings. The van der Waals surface area contributed by atoms with Gasteiger partial charge in [0, 0.05) is 38.6 Å². The van der Waals surface area contributed by atoms with Crippen molar-refractivity contribution >= 4 is 29.9 Å². The number of guanidine groups is 1. The lowest BCUT2D eigenvalue weighted by Gasteiger charge is -2.20. The van der Waals surface area contributed by atoms with Gasteiger partial charge in [-0.2, -0.15) is 0 Å². The third-order valence-electron chi connectivity index (χ3n) is 4.11. The first-order valence-electron chi connectivity index (χ1n) is 8.44. The van der Waals surface area contributed by atoms with Crippen LogP contribution in [0.3, 0.4) is 0 Å². The first-order chi connectivity index (χ1) is 11.4. The number of nitrogens with one attached hydrogen (secondary N) is 1. The minimum atomic E-state index is 0. The summed E-state index contributed by atoms with van der Waals surface area (Å²) < 4.78 is 2.17. The number of benzene rings is 1. The molecule has 0 spiro atoms. The molecule has 1 aliphatic heterocycles. The van der Waals surface area contributed by atoms with Gasteiger partial charge in [0.2, 0.25) is 0 Å². The quantitative estimate of drug-likeness (QED) is 0.443. The number of halogens is 1. The number of rotatable bonds is 5. The third kappa shape index (κ3) is 4.96. The summed E-state index contributed by atoms with van der Waals surface area (Å²) in [5.74, 6) is 2.02. The van der Waals surface area contributed by atoms with Crippen molar-refractivity contribution in [3.63, 3.8) is 0 Å². The number of hydrogen-bond donors (Lipinski definition) is 1. The zero-order valence-electron chi connectivity index (χ0n) is 14.2. The van der Waals surface area contributed by atoms with Crippen molar-refractivity contribution in [1.82, 2.24) is 19.8 Å². The van der Waals surface area contributed by atoms with Gasteiger partial charge < -0.3 is 14.8 Å². The largest absolute Gasteiger partial charge is 0.357 e. The van der Waals surface area contributed by atoms with Crippen LogP contribution in [0.1, 0.15) is 31.2 Å². The Morgan fingerprint density at radius 1 is 1.21 bits per heavy atom. The Hall–Kier alpha value is -1.57. The lowest BCUT2D eigenvalue weighted by Crippen LogP contribution is -2.39. The summed E-state index contributed by atoms with van der Waals surface area (Å²) in [4.78, 5) is 11.6.